The highest BCUT2D eigenvalue weighted by molar-refractivity contribution is 5.94. The average Bonchev–Trinajstić information content (AvgIpc) is 3.28. The highest BCUT2D eigenvalue weighted by atomic mass is 16.6. The summed E-state index contributed by atoms with van der Waals surface area (Å²) in [5.74, 6) is 1.29. The Labute approximate surface area is 179 Å². The van der Waals surface area contributed by atoms with E-state index in [0.29, 0.717) is 18.1 Å². The molecule has 1 saturated heterocycles. The lowest BCUT2D eigenvalue weighted by Gasteiger charge is -2.27. The Hall–Kier alpha value is -3.46. The number of amides is 1. The van der Waals surface area contributed by atoms with E-state index in [1.54, 1.807) is 23.5 Å². The number of nitrogens with one attached hydrogen (secondary N) is 2. The topological polar surface area (TPSA) is 116 Å². The number of likely N-dealkylation sites (tertiary alicyclic amines) is 1. The number of carbonyl (C=O) groups excluding carboxylic acids is 1. The van der Waals surface area contributed by atoms with Gasteiger partial charge in [0, 0.05) is 29.9 Å². The number of imidazole rings is 1. The lowest BCUT2D eigenvalue weighted by Crippen LogP contribution is -2.37. The van der Waals surface area contributed by atoms with Gasteiger partial charge in [0.05, 0.1) is 36.3 Å². The second-order valence-electron chi connectivity index (χ2n) is 8.83. The van der Waals surface area contributed by atoms with Crippen molar-refractivity contribution < 1.29 is 14.6 Å². The fourth-order valence-electron chi connectivity index (χ4n) is 4.07. The smallest absolute Gasteiger partial charge is 0.411 e. The lowest BCUT2D eigenvalue weighted by molar-refractivity contribution is 0.0201. The van der Waals surface area contributed by atoms with Gasteiger partial charge in [0.1, 0.15) is 22.9 Å². The summed E-state index contributed by atoms with van der Waals surface area (Å²) in [6, 6.07) is 5.30. The van der Waals surface area contributed by atoms with E-state index in [0.717, 1.165) is 28.2 Å². The van der Waals surface area contributed by atoms with Crippen LogP contribution in [0.5, 0.6) is 0 Å². The molecule has 0 spiro atoms. The number of β-amino-alcohol motifs (C(OH)–C–C–N with tert-alkyl or cyclic N) is 1. The molecule has 3 aromatic rings. The first-order chi connectivity index (χ1) is 14.8. The predicted molar refractivity (Wildman–Crippen MR) is 115 cm³/mol. The molecule has 0 aromatic carbocycles. The van der Waals surface area contributed by atoms with Crippen LogP contribution in [0.2, 0.25) is 0 Å². The van der Waals surface area contributed by atoms with Crippen molar-refractivity contribution in [2.75, 3.05) is 11.9 Å². The number of aliphatic hydroxyl groups excluding tert-OH is 1. The summed E-state index contributed by atoms with van der Waals surface area (Å²) in [4.78, 5) is 31.3. The molecule has 2 atom stereocenters. The number of hydrogen-bond acceptors (Lipinski definition) is 7. The van der Waals surface area contributed by atoms with Gasteiger partial charge in [-0.25, -0.2) is 14.8 Å². The zero-order valence-electron chi connectivity index (χ0n) is 17.6. The normalized spacial score (nSPS) is 19.7. The molecule has 160 valence electrons. The van der Waals surface area contributed by atoms with Crippen LogP contribution in [0.3, 0.4) is 0 Å². The average molecular weight is 420 g/mol. The van der Waals surface area contributed by atoms with Gasteiger partial charge in [-0.1, -0.05) is 0 Å². The molecule has 2 unspecified atom stereocenters. The Morgan fingerprint density at radius 3 is 2.90 bits per heavy atom. The molecule has 1 amide bonds. The summed E-state index contributed by atoms with van der Waals surface area (Å²) in [5, 5.41) is 13.6. The van der Waals surface area contributed by atoms with E-state index in [2.05, 4.69) is 20.3 Å². The number of ether oxygens (including phenoxy) is 1. The molecule has 9 nitrogen and oxygen atoms in total. The summed E-state index contributed by atoms with van der Waals surface area (Å²) in [7, 11) is 0. The second-order valence-corrected chi connectivity index (χ2v) is 8.83. The monoisotopic (exact) mass is 420 g/mol. The number of hydrogen-bond donors (Lipinski definition) is 3. The van der Waals surface area contributed by atoms with Crippen molar-refractivity contribution in [2.45, 2.75) is 44.9 Å². The summed E-state index contributed by atoms with van der Waals surface area (Å²) < 4.78 is 5.56. The number of pyridine rings is 2. The number of anilines is 2. The van der Waals surface area contributed by atoms with Crippen molar-refractivity contribution in [3.8, 4) is 22.5 Å². The van der Waals surface area contributed by atoms with E-state index >= 15 is 0 Å². The molecule has 31 heavy (non-hydrogen) atoms. The third-order valence-corrected chi connectivity index (χ3v) is 5.35. The minimum atomic E-state index is -0.644. The fraction of sp³-hybridized carbons (Fsp3) is 0.364. The van der Waals surface area contributed by atoms with Crippen LogP contribution in [0.25, 0.3) is 22.5 Å². The highest BCUT2D eigenvalue weighted by Crippen LogP contribution is 2.43. The van der Waals surface area contributed by atoms with Gasteiger partial charge >= 0.3 is 6.09 Å². The number of aromatic amines is 1. The number of nitrogens with zero attached hydrogens (tertiary/aromatic N) is 4. The highest BCUT2D eigenvalue weighted by Gasteiger charge is 2.40. The van der Waals surface area contributed by atoms with Crippen molar-refractivity contribution >= 4 is 17.6 Å². The molecule has 5 heterocycles. The van der Waals surface area contributed by atoms with Crippen molar-refractivity contribution in [3.05, 3.63) is 42.6 Å². The van der Waals surface area contributed by atoms with Crippen LogP contribution in [0.4, 0.5) is 16.3 Å². The van der Waals surface area contributed by atoms with Crippen molar-refractivity contribution in [3.63, 3.8) is 0 Å². The number of carbonyl (C=O) groups is 1. The van der Waals surface area contributed by atoms with Gasteiger partial charge < -0.3 is 20.1 Å². The van der Waals surface area contributed by atoms with E-state index in [-0.39, 0.29) is 6.54 Å². The molecular formula is C22H24N6O3. The first kappa shape index (κ1) is 19.5. The predicted octanol–water partition coefficient (Wildman–Crippen LogP) is 3.63. The first-order valence-electron chi connectivity index (χ1n) is 10.2. The third kappa shape index (κ3) is 3.50. The van der Waals surface area contributed by atoms with Crippen LogP contribution in [-0.4, -0.2) is 54.3 Å². The molecule has 3 aromatic heterocycles. The third-order valence-electron chi connectivity index (χ3n) is 5.35. The first-order valence-corrected chi connectivity index (χ1v) is 10.2. The van der Waals surface area contributed by atoms with Gasteiger partial charge in [0.15, 0.2) is 0 Å². The van der Waals surface area contributed by atoms with E-state index in [4.69, 9.17) is 9.72 Å². The summed E-state index contributed by atoms with van der Waals surface area (Å²) in [5.41, 5.74) is 3.49. The number of aliphatic hydroxyl groups is 1. The van der Waals surface area contributed by atoms with Gasteiger partial charge in [-0.15, -0.1) is 0 Å². The van der Waals surface area contributed by atoms with Gasteiger partial charge in [-0.3, -0.25) is 9.88 Å². The molecule has 5 rings (SSSR count). The fourth-order valence-corrected chi connectivity index (χ4v) is 4.07. The molecule has 0 bridgehead atoms. The minimum absolute atomic E-state index is 0.200. The number of fused-ring (bicyclic) bond motifs is 5. The largest absolute Gasteiger partial charge is 0.444 e. The molecule has 0 aliphatic carbocycles. The van der Waals surface area contributed by atoms with Gasteiger partial charge in [-0.2, -0.15) is 0 Å². The van der Waals surface area contributed by atoms with Crippen molar-refractivity contribution in [1.29, 1.82) is 0 Å². The lowest BCUT2D eigenvalue weighted by atomic mass is 10.1. The van der Waals surface area contributed by atoms with Crippen molar-refractivity contribution in [1.82, 2.24) is 24.8 Å². The quantitative estimate of drug-likeness (QED) is 0.430. The maximum atomic E-state index is 12.8. The number of rotatable bonds is 1. The Kier molecular flexibility index (Phi) is 4.44. The van der Waals surface area contributed by atoms with E-state index in [1.807, 2.05) is 39.0 Å². The Morgan fingerprint density at radius 2 is 2.10 bits per heavy atom. The minimum Gasteiger partial charge on any atom is -0.444 e. The summed E-state index contributed by atoms with van der Waals surface area (Å²) in [6.07, 6.45) is 4.46. The van der Waals surface area contributed by atoms with Gasteiger partial charge in [-0.05, 0) is 39.0 Å². The van der Waals surface area contributed by atoms with Crippen LogP contribution in [0, 0.1) is 0 Å². The molecule has 2 aliphatic rings. The molecule has 3 N–H and O–H groups in total. The molecule has 2 aliphatic heterocycles. The zero-order valence-corrected chi connectivity index (χ0v) is 17.6. The van der Waals surface area contributed by atoms with E-state index in [9.17, 15) is 9.90 Å². The molecule has 9 heteroatoms. The summed E-state index contributed by atoms with van der Waals surface area (Å²) >= 11 is 0. The van der Waals surface area contributed by atoms with E-state index in [1.165, 1.54) is 0 Å². The number of H-pyrrole nitrogens is 1. The van der Waals surface area contributed by atoms with Crippen LogP contribution < -0.4 is 5.32 Å². The standard InChI is InChI=1S/C22H24N6O3/c1-22(2,3)31-21(30)28-11-12(29)9-16(28)20-26-17-13-6-8-23-10-15(13)25-19-14(18(17)27-20)5-4-7-24-19/h4-8,10,12,16,29H,9,11H2,1-3H3,(H,24,25)(H,26,27). The van der Waals surface area contributed by atoms with E-state index < -0.39 is 23.8 Å². The molecule has 0 saturated carbocycles. The SMILES string of the molecule is CC(C)(C)OC(=O)N1CC(O)CC1c1nc2c([nH]1)-c1ccncc1Nc1ncccc1-2. The van der Waals surface area contributed by atoms with Crippen molar-refractivity contribution in [2.24, 2.45) is 0 Å². The van der Waals surface area contributed by atoms with Crippen LogP contribution in [-0.2, 0) is 4.74 Å². The van der Waals surface area contributed by atoms with Gasteiger partial charge in [0.25, 0.3) is 0 Å². The maximum absolute atomic E-state index is 12.8. The Bertz CT molecular complexity index is 1090. The summed E-state index contributed by atoms with van der Waals surface area (Å²) in [6.45, 7) is 5.67. The maximum Gasteiger partial charge on any atom is 0.411 e. The number of aromatic nitrogens is 4. The Morgan fingerprint density at radius 1 is 1.26 bits per heavy atom. The van der Waals surface area contributed by atoms with Crippen LogP contribution >= 0.6 is 0 Å². The second kappa shape index (κ2) is 7.05. The zero-order chi connectivity index (χ0) is 21.8. The van der Waals surface area contributed by atoms with Crippen LogP contribution in [0.15, 0.2) is 36.8 Å². The van der Waals surface area contributed by atoms with Crippen LogP contribution in [0.1, 0.15) is 39.1 Å². The molecule has 1 fully saturated rings. The van der Waals surface area contributed by atoms with Gasteiger partial charge in [0.2, 0.25) is 0 Å². The molecular weight excluding hydrogens is 396 g/mol. The molecule has 0 radical (unpaired) electrons. The Balaban J connectivity index is 1.60.